The van der Waals surface area contributed by atoms with Crippen LogP contribution in [0.2, 0.25) is 0 Å². The minimum Gasteiger partial charge on any atom is -0.495 e. The fraction of sp³-hybridized carbons (Fsp3) is 0.370. The second kappa shape index (κ2) is 16.3. The van der Waals surface area contributed by atoms with Gasteiger partial charge in [-0.25, -0.2) is 4.68 Å². The lowest BCUT2D eigenvalue weighted by Gasteiger charge is -2.15. The van der Waals surface area contributed by atoms with Crippen LogP contribution in [0, 0.1) is 0 Å². The van der Waals surface area contributed by atoms with E-state index in [1.165, 1.54) is 11.6 Å². The number of anilines is 1. The third-order valence-electron chi connectivity index (χ3n) is 4.81. The minimum absolute atomic E-state index is 0.318. The van der Waals surface area contributed by atoms with E-state index in [2.05, 4.69) is 46.4 Å². The SMILES string of the molecule is C=C(NC/C(=C/C=O)Nc1nc(/C2=C/C=CC/C=C(/C)C2)nn1C)/C(=C\C/C=C(\C)Cl)OC.CC. The van der Waals surface area contributed by atoms with Crippen molar-refractivity contribution in [3.8, 4) is 0 Å². The molecule has 0 aromatic carbocycles. The Hall–Kier alpha value is -3.32. The molecule has 35 heavy (non-hydrogen) atoms. The van der Waals surface area contributed by atoms with Crippen molar-refractivity contribution in [3.05, 3.63) is 82.7 Å². The van der Waals surface area contributed by atoms with Crippen molar-refractivity contribution in [3.63, 3.8) is 0 Å². The summed E-state index contributed by atoms with van der Waals surface area (Å²) in [6, 6.07) is 0. The zero-order valence-electron chi connectivity index (χ0n) is 21.7. The lowest BCUT2D eigenvalue weighted by Crippen LogP contribution is -2.22. The number of carbonyl (C=O) groups excluding carboxylic acids is 1. The first-order valence-electron chi connectivity index (χ1n) is 11.7. The first kappa shape index (κ1) is 29.7. The molecule has 1 aromatic rings. The number of carbonyl (C=O) groups is 1. The van der Waals surface area contributed by atoms with E-state index in [-0.39, 0.29) is 0 Å². The summed E-state index contributed by atoms with van der Waals surface area (Å²) in [5.74, 6) is 1.78. The molecule has 7 nitrogen and oxygen atoms in total. The Balaban J connectivity index is 0.00000298. The summed E-state index contributed by atoms with van der Waals surface area (Å²) < 4.78 is 7.06. The summed E-state index contributed by atoms with van der Waals surface area (Å²) in [4.78, 5) is 15.8. The van der Waals surface area contributed by atoms with E-state index in [0.29, 0.717) is 46.9 Å². The van der Waals surface area contributed by atoms with Crippen LogP contribution in [0.4, 0.5) is 5.95 Å². The Morgan fingerprint density at radius 1 is 1.34 bits per heavy atom. The van der Waals surface area contributed by atoms with Gasteiger partial charge >= 0.3 is 0 Å². The maximum absolute atomic E-state index is 11.2. The molecule has 1 aromatic heterocycles. The van der Waals surface area contributed by atoms with Crippen molar-refractivity contribution in [1.82, 2.24) is 20.1 Å². The van der Waals surface area contributed by atoms with Gasteiger partial charge in [-0.1, -0.05) is 68.0 Å². The predicted octanol–water partition coefficient (Wildman–Crippen LogP) is 6.18. The summed E-state index contributed by atoms with van der Waals surface area (Å²) in [5.41, 5.74) is 3.51. The largest absolute Gasteiger partial charge is 0.495 e. The standard InChI is InChI=1S/C25H32ClN5O2.C2H6/c1-18-10-7-6-8-12-21(16-18)24-29-25(31(4)30-24)28-22(14-15-32)17-27-20(3)23(33-5)13-9-11-19(2)26;1-2/h6,8,10-15,27H,3,7,9,16-17H2,1-2,4-5H3,(H,28,29,30);1-2H3/b8-6?,18-10-,19-11+,21-12+,22-14-,23-13+;. The van der Waals surface area contributed by atoms with Crippen molar-refractivity contribution >= 4 is 29.4 Å². The van der Waals surface area contributed by atoms with Gasteiger partial charge in [0.1, 0.15) is 12.0 Å². The molecule has 0 atom stereocenters. The first-order valence-corrected chi connectivity index (χ1v) is 12.1. The number of nitrogens with zero attached hydrogens (tertiary/aromatic N) is 3. The highest BCUT2D eigenvalue weighted by atomic mass is 35.5. The van der Waals surface area contributed by atoms with E-state index in [4.69, 9.17) is 16.3 Å². The number of aryl methyl sites for hydroxylation is 1. The summed E-state index contributed by atoms with van der Waals surface area (Å²) in [6.45, 7) is 12.3. The van der Waals surface area contributed by atoms with E-state index in [0.717, 1.165) is 24.7 Å². The molecule has 0 saturated heterocycles. The Morgan fingerprint density at radius 2 is 2.09 bits per heavy atom. The van der Waals surface area contributed by atoms with Crippen molar-refractivity contribution in [1.29, 1.82) is 0 Å². The van der Waals surface area contributed by atoms with Crippen LogP contribution >= 0.6 is 11.6 Å². The van der Waals surface area contributed by atoms with Gasteiger partial charge in [0.2, 0.25) is 5.95 Å². The zero-order valence-corrected chi connectivity index (χ0v) is 22.4. The Labute approximate surface area is 214 Å². The number of rotatable bonds is 11. The van der Waals surface area contributed by atoms with Crippen LogP contribution in [0.15, 0.2) is 76.9 Å². The van der Waals surface area contributed by atoms with Crippen LogP contribution in [-0.2, 0) is 16.6 Å². The predicted molar refractivity (Wildman–Crippen MR) is 147 cm³/mol. The molecule has 0 radical (unpaired) electrons. The maximum Gasteiger partial charge on any atom is 0.225 e. The molecule has 1 heterocycles. The fourth-order valence-electron chi connectivity index (χ4n) is 3.06. The van der Waals surface area contributed by atoms with E-state index in [9.17, 15) is 4.79 Å². The quantitative estimate of drug-likeness (QED) is 0.124. The van der Waals surface area contributed by atoms with Crippen molar-refractivity contribution in [2.24, 2.45) is 7.05 Å². The molecule has 0 unspecified atom stereocenters. The number of halogens is 1. The van der Waals surface area contributed by atoms with Gasteiger partial charge in [-0.15, -0.1) is 5.10 Å². The Kier molecular flexibility index (Phi) is 13.9. The molecule has 2 rings (SSSR count). The van der Waals surface area contributed by atoms with E-state index in [1.807, 2.05) is 52.1 Å². The normalized spacial score (nSPS) is 17.5. The van der Waals surface area contributed by atoms with E-state index in [1.54, 1.807) is 11.8 Å². The summed E-state index contributed by atoms with van der Waals surface area (Å²) in [7, 11) is 3.39. The summed E-state index contributed by atoms with van der Waals surface area (Å²) in [6.07, 6.45) is 16.6. The average Bonchev–Trinajstić information content (AvgIpc) is 3.18. The lowest BCUT2D eigenvalue weighted by atomic mass is 10.0. The molecule has 2 N–H and O–H groups in total. The van der Waals surface area contributed by atoms with Crippen LogP contribution < -0.4 is 10.6 Å². The number of aromatic nitrogens is 3. The summed E-state index contributed by atoms with van der Waals surface area (Å²) >= 11 is 5.87. The molecule has 0 amide bonds. The topological polar surface area (TPSA) is 81.1 Å². The third kappa shape index (κ3) is 10.6. The molecule has 0 saturated carbocycles. The van der Waals surface area contributed by atoms with Gasteiger partial charge in [0.25, 0.3) is 0 Å². The van der Waals surface area contributed by atoms with Crippen LogP contribution in [0.1, 0.15) is 52.8 Å². The van der Waals surface area contributed by atoms with Crippen LogP contribution in [0.25, 0.3) is 5.57 Å². The van der Waals surface area contributed by atoms with Gasteiger partial charge in [0.05, 0.1) is 19.4 Å². The van der Waals surface area contributed by atoms with Gasteiger partial charge in [-0.2, -0.15) is 4.98 Å². The van der Waals surface area contributed by atoms with Crippen LogP contribution in [0.5, 0.6) is 0 Å². The number of ether oxygens (including phenoxy) is 1. The monoisotopic (exact) mass is 499 g/mol. The molecule has 1 aliphatic rings. The fourth-order valence-corrected chi connectivity index (χ4v) is 3.15. The van der Waals surface area contributed by atoms with Gasteiger partial charge in [-0.3, -0.25) is 4.79 Å². The van der Waals surface area contributed by atoms with Crippen LogP contribution in [0.3, 0.4) is 0 Å². The molecular weight excluding hydrogens is 462 g/mol. The average molecular weight is 500 g/mol. The smallest absolute Gasteiger partial charge is 0.225 e. The Morgan fingerprint density at radius 3 is 2.74 bits per heavy atom. The van der Waals surface area contributed by atoms with Crippen molar-refractivity contribution < 1.29 is 9.53 Å². The molecule has 0 fully saturated rings. The molecule has 190 valence electrons. The van der Waals surface area contributed by atoms with E-state index < -0.39 is 0 Å². The van der Waals surface area contributed by atoms with E-state index >= 15 is 0 Å². The first-order chi connectivity index (χ1) is 16.8. The van der Waals surface area contributed by atoms with Crippen molar-refractivity contribution in [2.45, 2.75) is 47.0 Å². The minimum atomic E-state index is 0.318. The highest BCUT2D eigenvalue weighted by Gasteiger charge is 2.14. The Bertz CT molecular complexity index is 1040. The third-order valence-corrected chi connectivity index (χ3v) is 4.96. The van der Waals surface area contributed by atoms with Gasteiger partial charge in [0.15, 0.2) is 5.82 Å². The van der Waals surface area contributed by atoms with Crippen LogP contribution in [-0.4, -0.2) is 34.7 Å². The molecular formula is C27H38ClN5O2. The number of allylic oxidation sites excluding steroid dienone is 10. The molecule has 0 spiro atoms. The number of nitrogens with one attached hydrogen (secondary N) is 2. The van der Waals surface area contributed by atoms with Crippen molar-refractivity contribution in [2.75, 3.05) is 19.0 Å². The zero-order chi connectivity index (χ0) is 26.2. The number of methoxy groups -OCH3 is 1. The van der Waals surface area contributed by atoms with Gasteiger partial charge < -0.3 is 15.4 Å². The van der Waals surface area contributed by atoms with Gasteiger partial charge in [-0.05, 0) is 45.3 Å². The highest BCUT2D eigenvalue weighted by Crippen LogP contribution is 2.23. The maximum atomic E-state index is 11.2. The second-order valence-electron chi connectivity index (χ2n) is 7.55. The number of hydrogen-bond acceptors (Lipinski definition) is 6. The van der Waals surface area contributed by atoms with Gasteiger partial charge in [0, 0.05) is 23.4 Å². The molecule has 0 bridgehead atoms. The molecule has 8 heteroatoms. The second-order valence-corrected chi connectivity index (χ2v) is 8.15. The summed E-state index contributed by atoms with van der Waals surface area (Å²) in [5, 5.41) is 11.6. The molecule has 0 aliphatic heterocycles. The number of aldehydes is 1. The highest BCUT2D eigenvalue weighted by molar-refractivity contribution is 6.29. The lowest BCUT2D eigenvalue weighted by molar-refractivity contribution is -0.104. The molecule has 1 aliphatic carbocycles. The number of hydrogen-bond donors (Lipinski definition) is 2.